The average molecular weight is 307 g/mol. The van der Waals surface area contributed by atoms with Crippen molar-refractivity contribution in [3.8, 4) is 11.5 Å². The number of carboxylic acid groups (broad SMARTS) is 1. The van der Waals surface area contributed by atoms with Crippen molar-refractivity contribution in [2.24, 2.45) is 0 Å². The molecule has 0 radical (unpaired) electrons. The third kappa shape index (κ3) is 3.39. The predicted molar refractivity (Wildman–Crippen MR) is 76.2 cm³/mol. The maximum atomic E-state index is 12.0. The van der Waals surface area contributed by atoms with E-state index in [9.17, 15) is 13.2 Å². The lowest BCUT2D eigenvalue weighted by molar-refractivity contribution is 0.0696. The van der Waals surface area contributed by atoms with Gasteiger partial charge in [0.25, 0.3) is 0 Å². The minimum Gasteiger partial charge on any atom is -0.478 e. The van der Waals surface area contributed by atoms with Crippen LogP contribution in [0, 0.1) is 0 Å². The van der Waals surface area contributed by atoms with Crippen molar-refractivity contribution in [1.29, 1.82) is 0 Å². The molecule has 2 N–H and O–H groups in total. The lowest BCUT2D eigenvalue weighted by Gasteiger charge is -2.12. The molecule has 0 aliphatic carbocycles. The number of para-hydroxylation sites is 1. The van der Waals surface area contributed by atoms with Crippen molar-refractivity contribution in [1.82, 2.24) is 4.72 Å². The van der Waals surface area contributed by atoms with Gasteiger partial charge >= 0.3 is 5.97 Å². The second-order valence-corrected chi connectivity index (χ2v) is 5.94. The van der Waals surface area contributed by atoms with Gasteiger partial charge in [-0.1, -0.05) is 18.2 Å². The molecule has 0 atom stereocenters. The van der Waals surface area contributed by atoms with Crippen LogP contribution in [-0.4, -0.2) is 26.5 Å². The summed E-state index contributed by atoms with van der Waals surface area (Å²) in [4.78, 5) is 10.8. The highest BCUT2D eigenvalue weighted by Gasteiger charge is 2.20. The van der Waals surface area contributed by atoms with E-state index in [0.29, 0.717) is 5.75 Å². The molecule has 0 spiro atoms. The Morgan fingerprint density at radius 3 is 2.38 bits per heavy atom. The summed E-state index contributed by atoms with van der Waals surface area (Å²) in [5.41, 5.74) is -0.135. The van der Waals surface area contributed by atoms with Gasteiger partial charge in [0, 0.05) is 0 Å². The summed E-state index contributed by atoms with van der Waals surface area (Å²) in [6, 6.07) is 12.3. The summed E-state index contributed by atoms with van der Waals surface area (Å²) in [6.07, 6.45) is 0. The average Bonchev–Trinajstić information content (AvgIpc) is 2.48. The first-order valence-corrected chi connectivity index (χ1v) is 7.46. The van der Waals surface area contributed by atoms with Crippen molar-refractivity contribution >= 4 is 16.0 Å². The van der Waals surface area contributed by atoms with Crippen molar-refractivity contribution in [2.75, 3.05) is 7.05 Å². The van der Waals surface area contributed by atoms with Crippen LogP contribution in [-0.2, 0) is 10.0 Å². The second kappa shape index (κ2) is 5.94. The number of carboxylic acids is 1. The van der Waals surface area contributed by atoms with E-state index in [4.69, 9.17) is 9.84 Å². The van der Waals surface area contributed by atoms with Crippen LogP contribution in [0.1, 0.15) is 10.4 Å². The third-order valence-corrected chi connectivity index (χ3v) is 4.16. The molecule has 0 fully saturated rings. The SMILES string of the molecule is CNS(=O)(=O)c1cc(C(=O)O)ccc1Oc1ccccc1. The standard InChI is InChI=1S/C14H13NO5S/c1-15-21(18,19)13-9-10(14(16)17)7-8-12(13)20-11-5-3-2-4-6-11/h2-9,15H,1H3,(H,16,17). The first-order valence-electron chi connectivity index (χ1n) is 5.98. The van der Waals surface area contributed by atoms with Crippen LogP contribution >= 0.6 is 0 Å². The fourth-order valence-corrected chi connectivity index (χ4v) is 2.54. The molecule has 2 aromatic rings. The van der Waals surface area contributed by atoms with E-state index in [1.54, 1.807) is 30.3 Å². The number of benzene rings is 2. The zero-order chi connectivity index (χ0) is 15.5. The monoisotopic (exact) mass is 307 g/mol. The number of ether oxygens (including phenoxy) is 1. The van der Waals surface area contributed by atoms with E-state index < -0.39 is 16.0 Å². The van der Waals surface area contributed by atoms with E-state index in [0.717, 1.165) is 6.07 Å². The number of hydrogen-bond acceptors (Lipinski definition) is 4. The number of hydrogen-bond donors (Lipinski definition) is 2. The molecule has 110 valence electrons. The lowest BCUT2D eigenvalue weighted by atomic mass is 10.2. The van der Waals surface area contributed by atoms with E-state index in [-0.39, 0.29) is 16.2 Å². The number of nitrogens with one attached hydrogen (secondary N) is 1. The van der Waals surface area contributed by atoms with Crippen LogP contribution in [0.3, 0.4) is 0 Å². The Kier molecular flexibility index (Phi) is 4.25. The summed E-state index contributed by atoms with van der Waals surface area (Å²) >= 11 is 0. The van der Waals surface area contributed by atoms with Gasteiger partial charge in [0.15, 0.2) is 0 Å². The highest BCUT2D eigenvalue weighted by molar-refractivity contribution is 7.89. The Hall–Kier alpha value is -2.38. The minimum absolute atomic E-state index is 0.0561. The lowest BCUT2D eigenvalue weighted by Crippen LogP contribution is -2.19. The highest BCUT2D eigenvalue weighted by atomic mass is 32.2. The molecule has 0 aliphatic heterocycles. The Bertz CT molecular complexity index is 756. The molecule has 0 aliphatic rings. The van der Waals surface area contributed by atoms with Crippen molar-refractivity contribution in [3.63, 3.8) is 0 Å². The number of sulfonamides is 1. The maximum absolute atomic E-state index is 12.0. The molecule has 0 unspecified atom stereocenters. The summed E-state index contributed by atoms with van der Waals surface area (Å²) < 4.78 is 31.7. The molecule has 0 bridgehead atoms. The molecule has 0 saturated heterocycles. The van der Waals surface area contributed by atoms with E-state index in [1.165, 1.54) is 19.2 Å². The molecule has 0 aromatic heterocycles. The number of rotatable bonds is 5. The van der Waals surface area contributed by atoms with Crippen LogP contribution in [0.25, 0.3) is 0 Å². The van der Waals surface area contributed by atoms with E-state index >= 15 is 0 Å². The smallest absolute Gasteiger partial charge is 0.335 e. The summed E-state index contributed by atoms with van der Waals surface area (Å²) in [5, 5.41) is 8.97. The molecule has 7 heteroatoms. The number of carbonyl (C=O) groups is 1. The zero-order valence-corrected chi connectivity index (χ0v) is 11.9. The van der Waals surface area contributed by atoms with E-state index in [1.807, 2.05) is 0 Å². The summed E-state index contributed by atoms with van der Waals surface area (Å²) in [6.45, 7) is 0. The van der Waals surface area contributed by atoms with Gasteiger partial charge in [0.2, 0.25) is 10.0 Å². The first-order chi connectivity index (χ1) is 9.94. The Morgan fingerprint density at radius 2 is 1.81 bits per heavy atom. The molecular weight excluding hydrogens is 294 g/mol. The molecule has 0 amide bonds. The van der Waals surface area contributed by atoms with Crippen LogP contribution in [0.15, 0.2) is 53.4 Å². The topological polar surface area (TPSA) is 92.7 Å². The largest absolute Gasteiger partial charge is 0.478 e. The minimum atomic E-state index is -3.84. The van der Waals surface area contributed by atoms with E-state index in [2.05, 4.69) is 4.72 Å². The summed E-state index contributed by atoms with van der Waals surface area (Å²) in [5.74, 6) is -0.706. The van der Waals surface area contributed by atoms with Gasteiger partial charge in [-0.2, -0.15) is 0 Å². The quantitative estimate of drug-likeness (QED) is 0.882. The predicted octanol–water partition coefficient (Wildman–Crippen LogP) is 2.09. The Balaban J connectivity index is 2.53. The summed E-state index contributed by atoms with van der Waals surface area (Å²) in [7, 11) is -2.60. The maximum Gasteiger partial charge on any atom is 0.335 e. The fraction of sp³-hybridized carbons (Fsp3) is 0.0714. The molecule has 2 aromatic carbocycles. The zero-order valence-electron chi connectivity index (χ0n) is 11.1. The third-order valence-electron chi connectivity index (χ3n) is 2.72. The van der Waals surface area contributed by atoms with Gasteiger partial charge < -0.3 is 9.84 Å². The van der Waals surface area contributed by atoms with Crippen molar-refractivity contribution < 1.29 is 23.1 Å². The normalized spacial score (nSPS) is 11.1. The Morgan fingerprint density at radius 1 is 1.14 bits per heavy atom. The van der Waals surface area contributed by atoms with Gasteiger partial charge in [-0.25, -0.2) is 17.9 Å². The van der Waals surface area contributed by atoms with Gasteiger partial charge in [0.1, 0.15) is 16.4 Å². The molecule has 0 heterocycles. The van der Waals surface area contributed by atoms with Gasteiger partial charge in [-0.15, -0.1) is 0 Å². The van der Waals surface area contributed by atoms with Crippen LogP contribution in [0.2, 0.25) is 0 Å². The fourth-order valence-electron chi connectivity index (χ4n) is 1.66. The van der Waals surface area contributed by atoms with Gasteiger partial charge in [-0.3, -0.25) is 0 Å². The number of aromatic carboxylic acids is 1. The highest BCUT2D eigenvalue weighted by Crippen LogP contribution is 2.29. The Labute approximate surface area is 122 Å². The second-order valence-electron chi connectivity index (χ2n) is 4.09. The molecular formula is C14H13NO5S. The van der Waals surface area contributed by atoms with Crippen molar-refractivity contribution in [2.45, 2.75) is 4.90 Å². The molecule has 0 saturated carbocycles. The van der Waals surface area contributed by atoms with Crippen LogP contribution in [0.5, 0.6) is 11.5 Å². The van der Waals surface area contributed by atoms with Crippen LogP contribution in [0.4, 0.5) is 0 Å². The molecule has 2 rings (SSSR count). The molecule has 6 nitrogen and oxygen atoms in total. The van der Waals surface area contributed by atoms with Gasteiger partial charge in [-0.05, 0) is 37.4 Å². The molecule has 21 heavy (non-hydrogen) atoms. The van der Waals surface area contributed by atoms with Gasteiger partial charge in [0.05, 0.1) is 5.56 Å². The first kappa shape index (κ1) is 15.0. The van der Waals surface area contributed by atoms with Crippen molar-refractivity contribution in [3.05, 3.63) is 54.1 Å². The van der Waals surface area contributed by atoms with Crippen LogP contribution < -0.4 is 9.46 Å².